The van der Waals surface area contributed by atoms with Gasteiger partial charge >= 0.3 is 0 Å². The van der Waals surface area contributed by atoms with Crippen LogP contribution < -0.4 is 15.4 Å². The average molecular weight is 372 g/mol. The molecule has 2 N–H and O–H groups in total. The maximum absolute atomic E-state index is 11.9. The highest BCUT2D eigenvalue weighted by molar-refractivity contribution is 7.99. The number of hydrogen-bond donors (Lipinski definition) is 2. The van der Waals surface area contributed by atoms with Crippen molar-refractivity contribution in [3.63, 3.8) is 0 Å². The molecule has 1 fully saturated rings. The molecule has 0 radical (unpaired) electrons. The maximum Gasteiger partial charge on any atom is 0.230 e. The lowest BCUT2D eigenvalue weighted by Crippen LogP contribution is -2.33. The van der Waals surface area contributed by atoms with Crippen molar-refractivity contribution < 1.29 is 9.53 Å². The topological polar surface area (TPSA) is 76.1 Å². The number of carbonyl (C=O) groups is 1. The van der Waals surface area contributed by atoms with Gasteiger partial charge in [-0.15, -0.1) is 10.2 Å². The summed E-state index contributed by atoms with van der Waals surface area (Å²) in [6.45, 7) is 0.662. The van der Waals surface area contributed by atoms with Gasteiger partial charge in [0.05, 0.1) is 12.9 Å². The van der Waals surface area contributed by atoms with E-state index in [1.807, 2.05) is 36.4 Å². The Labute approximate surface area is 158 Å². The molecule has 1 aromatic carbocycles. The molecule has 138 valence electrons. The van der Waals surface area contributed by atoms with E-state index in [2.05, 4.69) is 20.8 Å². The van der Waals surface area contributed by atoms with Gasteiger partial charge in [0.15, 0.2) is 0 Å². The predicted octanol–water partition coefficient (Wildman–Crippen LogP) is 3.25. The summed E-state index contributed by atoms with van der Waals surface area (Å²) in [5.74, 6) is 2.00. The smallest absolute Gasteiger partial charge is 0.230 e. The second-order valence-corrected chi connectivity index (χ2v) is 7.29. The third-order valence-electron chi connectivity index (χ3n) is 4.34. The van der Waals surface area contributed by atoms with Gasteiger partial charge in [0, 0.05) is 12.6 Å². The highest BCUT2D eigenvalue weighted by Gasteiger charge is 2.17. The summed E-state index contributed by atoms with van der Waals surface area (Å²) in [4.78, 5) is 11.9. The number of aromatic nitrogens is 2. The first-order valence-electron chi connectivity index (χ1n) is 8.85. The number of amides is 1. The number of rotatable bonds is 8. The molecule has 1 amide bonds. The molecule has 1 aliphatic carbocycles. The van der Waals surface area contributed by atoms with Gasteiger partial charge in [0.2, 0.25) is 5.91 Å². The lowest BCUT2D eigenvalue weighted by molar-refractivity contribution is -0.119. The number of ether oxygens (including phenoxy) is 1. The first-order valence-corrected chi connectivity index (χ1v) is 9.84. The molecule has 3 rings (SSSR count). The SMILES string of the molecule is COc1ccc(CNc2ccc(SCC(=O)NC3CCCC3)nn2)cc1. The summed E-state index contributed by atoms with van der Waals surface area (Å²) < 4.78 is 5.15. The molecule has 7 heteroatoms. The Kier molecular flexibility index (Phi) is 6.71. The van der Waals surface area contributed by atoms with Crippen LogP contribution in [0.25, 0.3) is 0 Å². The molecule has 1 saturated carbocycles. The minimum Gasteiger partial charge on any atom is -0.497 e. The standard InChI is InChI=1S/C19H24N4O2S/c1-25-16-8-6-14(7-9-16)12-20-17-10-11-19(23-22-17)26-13-18(24)21-15-4-2-3-5-15/h6-11,15H,2-5,12-13H2,1H3,(H,20,22)(H,21,24). The fourth-order valence-electron chi connectivity index (χ4n) is 2.91. The van der Waals surface area contributed by atoms with E-state index in [1.165, 1.54) is 24.6 Å². The van der Waals surface area contributed by atoms with Crippen LogP contribution in [0.3, 0.4) is 0 Å². The van der Waals surface area contributed by atoms with Gasteiger partial charge in [-0.2, -0.15) is 0 Å². The van der Waals surface area contributed by atoms with Crippen LogP contribution in [0.2, 0.25) is 0 Å². The lowest BCUT2D eigenvalue weighted by atomic mass is 10.2. The molecule has 1 aromatic heterocycles. The van der Waals surface area contributed by atoms with E-state index in [0.29, 0.717) is 24.2 Å². The average Bonchev–Trinajstić information content (AvgIpc) is 3.19. The lowest BCUT2D eigenvalue weighted by Gasteiger charge is -2.11. The number of hydrogen-bond acceptors (Lipinski definition) is 6. The second-order valence-electron chi connectivity index (χ2n) is 6.30. The van der Waals surface area contributed by atoms with Gasteiger partial charge in [0.25, 0.3) is 0 Å². The van der Waals surface area contributed by atoms with Crippen molar-refractivity contribution in [1.29, 1.82) is 0 Å². The molecule has 0 unspecified atom stereocenters. The van der Waals surface area contributed by atoms with E-state index < -0.39 is 0 Å². The van der Waals surface area contributed by atoms with E-state index in [-0.39, 0.29) is 5.91 Å². The van der Waals surface area contributed by atoms with Crippen LogP contribution in [-0.4, -0.2) is 35.0 Å². The highest BCUT2D eigenvalue weighted by atomic mass is 32.2. The summed E-state index contributed by atoms with van der Waals surface area (Å²) in [6.07, 6.45) is 4.64. The van der Waals surface area contributed by atoms with Crippen LogP contribution in [0.4, 0.5) is 5.82 Å². The number of anilines is 1. The van der Waals surface area contributed by atoms with Gasteiger partial charge in [-0.25, -0.2) is 0 Å². The van der Waals surface area contributed by atoms with Gasteiger partial charge in [0.1, 0.15) is 16.6 Å². The molecule has 1 heterocycles. The fraction of sp³-hybridized carbons (Fsp3) is 0.421. The monoisotopic (exact) mass is 372 g/mol. The van der Waals surface area contributed by atoms with Crippen molar-refractivity contribution in [2.24, 2.45) is 0 Å². The molecule has 0 atom stereocenters. The van der Waals surface area contributed by atoms with Crippen molar-refractivity contribution in [1.82, 2.24) is 15.5 Å². The van der Waals surface area contributed by atoms with Crippen molar-refractivity contribution in [2.45, 2.75) is 43.3 Å². The van der Waals surface area contributed by atoms with Crippen LogP contribution in [0.5, 0.6) is 5.75 Å². The molecule has 0 spiro atoms. The third-order valence-corrected chi connectivity index (χ3v) is 5.26. The summed E-state index contributed by atoms with van der Waals surface area (Å²) >= 11 is 1.41. The molecule has 0 aliphatic heterocycles. The first kappa shape index (κ1) is 18.5. The minimum atomic E-state index is 0.0745. The van der Waals surface area contributed by atoms with E-state index >= 15 is 0 Å². The largest absolute Gasteiger partial charge is 0.497 e. The molecule has 0 bridgehead atoms. The summed E-state index contributed by atoms with van der Waals surface area (Å²) in [5, 5.41) is 15.4. The minimum absolute atomic E-state index is 0.0745. The van der Waals surface area contributed by atoms with E-state index in [4.69, 9.17) is 4.74 Å². The van der Waals surface area contributed by atoms with Crippen LogP contribution >= 0.6 is 11.8 Å². The fourth-order valence-corrected chi connectivity index (χ4v) is 3.53. The Hall–Kier alpha value is -2.28. The molecule has 1 aliphatic rings. The highest BCUT2D eigenvalue weighted by Crippen LogP contribution is 2.19. The van der Waals surface area contributed by atoms with Crippen LogP contribution in [-0.2, 0) is 11.3 Å². The van der Waals surface area contributed by atoms with E-state index in [9.17, 15) is 4.79 Å². The van der Waals surface area contributed by atoms with Gasteiger partial charge in [-0.05, 0) is 42.7 Å². The zero-order valence-corrected chi connectivity index (χ0v) is 15.7. The molecule has 2 aromatic rings. The van der Waals surface area contributed by atoms with Gasteiger partial charge in [-0.1, -0.05) is 36.7 Å². The number of benzene rings is 1. The zero-order valence-electron chi connectivity index (χ0n) is 14.9. The van der Waals surface area contributed by atoms with E-state index in [0.717, 1.165) is 29.2 Å². The number of thioether (sulfide) groups is 1. The quantitative estimate of drug-likeness (QED) is 0.693. The first-order chi connectivity index (χ1) is 12.7. The van der Waals surface area contributed by atoms with Crippen LogP contribution in [0, 0.1) is 0 Å². The maximum atomic E-state index is 11.9. The van der Waals surface area contributed by atoms with Crippen LogP contribution in [0.15, 0.2) is 41.4 Å². The summed E-state index contributed by atoms with van der Waals surface area (Å²) in [5.41, 5.74) is 1.13. The van der Waals surface area contributed by atoms with Crippen molar-refractivity contribution in [2.75, 3.05) is 18.2 Å². The van der Waals surface area contributed by atoms with Crippen molar-refractivity contribution >= 4 is 23.5 Å². The predicted molar refractivity (Wildman–Crippen MR) is 103 cm³/mol. The molecular weight excluding hydrogens is 348 g/mol. The number of methoxy groups -OCH3 is 1. The second kappa shape index (κ2) is 9.43. The molecule has 26 heavy (non-hydrogen) atoms. The van der Waals surface area contributed by atoms with Crippen molar-refractivity contribution in [3.8, 4) is 5.75 Å². The Morgan fingerprint density at radius 2 is 1.92 bits per heavy atom. The zero-order chi connectivity index (χ0) is 18.2. The molecular formula is C19H24N4O2S. The van der Waals surface area contributed by atoms with Gasteiger partial charge < -0.3 is 15.4 Å². The summed E-state index contributed by atoms with van der Waals surface area (Å²) in [7, 11) is 1.65. The Bertz CT molecular complexity index is 700. The Morgan fingerprint density at radius 3 is 2.58 bits per heavy atom. The number of nitrogens with zero attached hydrogens (tertiary/aromatic N) is 2. The van der Waals surface area contributed by atoms with Crippen LogP contribution in [0.1, 0.15) is 31.2 Å². The normalized spacial score (nSPS) is 14.2. The molecule has 6 nitrogen and oxygen atoms in total. The third kappa shape index (κ3) is 5.62. The number of nitrogens with one attached hydrogen (secondary N) is 2. The van der Waals surface area contributed by atoms with E-state index in [1.54, 1.807) is 7.11 Å². The summed E-state index contributed by atoms with van der Waals surface area (Å²) in [6, 6.07) is 12.0. The molecule has 0 saturated heterocycles. The number of carbonyl (C=O) groups excluding carboxylic acids is 1. The van der Waals surface area contributed by atoms with Gasteiger partial charge in [-0.3, -0.25) is 4.79 Å². The Balaban J connectivity index is 1.41. The Morgan fingerprint density at radius 1 is 1.15 bits per heavy atom. The van der Waals surface area contributed by atoms with Crippen molar-refractivity contribution in [3.05, 3.63) is 42.0 Å².